The van der Waals surface area contributed by atoms with Crippen molar-refractivity contribution >= 4 is 16.5 Å². The van der Waals surface area contributed by atoms with Gasteiger partial charge in [0.05, 0.1) is 5.69 Å². The van der Waals surface area contributed by atoms with Crippen LogP contribution in [-0.4, -0.2) is 4.98 Å². The lowest BCUT2D eigenvalue weighted by molar-refractivity contribution is 0.479. The van der Waals surface area contributed by atoms with Crippen LogP contribution in [0.3, 0.4) is 0 Å². The summed E-state index contributed by atoms with van der Waals surface area (Å²) in [6.07, 6.45) is 2.39. The van der Waals surface area contributed by atoms with E-state index in [9.17, 15) is 0 Å². The summed E-state index contributed by atoms with van der Waals surface area (Å²) in [6, 6.07) is 0. The second-order valence-electron chi connectivity index (χ2n) is 4.10. The van der Waals surface area contributed by atoms with E-state index in [-0.39, 0.29) is 5.41 Å². The third-order valence-electron chi connectivity index (χ3n) is 2.30. The Morgan fingerprint density at radius 1 is 1.46 bits per heavy atom. The number of hydrogen-bond donors (Lipinski definition) is 1. The number of nitrogens with two attached hydrogens (primary N) is 1. The van der Waals surface area contributed by atoms with Gasteiger partial charge < -0.3 is 5.73 Å². The average molecular weight is 198 g/mol. The molecule has 0 spiro atoms. The summed E-state index contributed by atoms with van der Waals surface area (Å²) >= 11 is 1.63. The van der Waals surface area contributed by atoms with E-state index in [1.165, 1.54) is 17.7 Å². The minimum Gasteiger partial charge on any atom is -0.375 e. The van der Waals surface area contributed by atoms with Crippen molar-refractivity contribution in [2.24, 2.45) is 0 Å². The van der Waals surface area contributed by atoms with Crippen LogP contribution in [0.5, 0.6) is 0 Å². The highest BCUT2D eigenvalue weighted by molar-refractivity contribution is 7.15. The molecule has 1 aromatic rings. The van der Waals surface area contributed by atoms with Crippen LogP contribution in [0, 0.1) is 6.92 Å². The Bertz CT molecular complexity index is 289. The topological polar surface area (TPSA) is 38.9 Å². The predicted molar refractivity (Wildman–Crippen MR) is 59.2 cm³/mol. The molecule has 0 fully saturated rings. The second-order valence-corrected chi connectivity index (χ2v) is 5.13. The van der Waals surface area contributed by atoms with E-state index in [4.69, 9.17) is 5.73 Å². The Balaban J connectivity index is 2.98. The van der Waals surface area contributed by atoms with Crippen molar-refractivity contribution in [2.75, 3.05) is 5.73 Å². The maximum Gasteiger partial charge on any atom is 0.180 e. The van der Waals surface area contributed by atoms with Crippen LogP contribution in [0.1, 0.15) is 44.2 Å². The fraction of sp³-hybridized carbons (Fsp3) is 0.700. The SMILES string of the molecule is CCCC(C)(C)c1sc(N)nc1C. The van der Waals surface area contributed by atoms with E-state index >= 15 is 0 Å². The normalized spacial score (nSPS) is 12.0. The van der Waals surface area contributed by atoms with E-state index in [1.54, 1.807) is 11.3 Å². The Labute approximate surface area is 84.2 Å². The van der Waals surface area contributed by atoms with Gasteiger partial charge in [-0.1, -0.05) is 27.2 Å². The van der Waals surface area contributed by atoms with Gasteiger partial charge in [-0.2, -0.15) is 0 Å². The average Bonchev–Trinajstić information content (AvgIpc) is 2.30. The smallest absolute Gasteiger partial charge is 0.180 e. The third-order valence-corrected chi connectivity index (χ3v) is 3.66. The Morgan fingerprint density at radius 3 is 2.46 bits per heavy atom. The lowest BCUT2D eigenvalue weighted by Crippen LogP contribution is -2.16. The van der Waals surface area contributed by atoms with Crippen LogP contribution in [0.4, 0.5) is 5.13 Å². The highest BCUT2D eigenvalue weighted by Crippen LogP contribution is 2.35. The number of nitrogen functional groups attached to an aromatic ring is 1. The Morgan fingerprint density at radius 2 is 2.08 bits per heavy atom. The predicted octanol–water partition coefficient (Wildman–Crippen LogP) is 3.11. The first kappa shape index (κ1) is 10.5. The molecule has 2 N–H and O–H groups in total. The van der Waals surface area contributed by atoms with Crippen molar-refractivity contribution in [3.05, 3.63) is 10.6 Å². The molecule has 0 saturated heterocycles. The van der Waals surface area contributed by atoms with Gasteiger partial charge in [0, 0.05) is 10.3 Å². The fourth-order valence-corrected chi connectivity index (χ4v) is 2.75. The molecule has 0 amide bonds. The molecule has 0 radical (unpaired) electrons. The molecule has 0 saturated carbocycles. The molecule has 0 unspecified atom stereocenters. The monoisotopic (exact) mass is 198 g/mol. The van der Waals surface area contributed by atoms with Crippen LogP contribution in [0.2, 0.25) is 0 Å². The van der Waals surface area contributed by atoms with E-state index < -0.39 is 0 Å². The van der Waals surface area contributed by atoms with Gasteiger partial charge in [-0.3, -0.25) is 0 Å². The zero-order valence-electron chi connectivity index (χ0n) is 8.85. The molecule has 0 aliphatic rings. The molecule has 1 heterocycles. The minimum absolute atomic E-state index is 0.230. The van der Waals surface area contributed by atoms with Gasteiger partial charge in [-0.15, -0.1) is 11.3 Å². The molecule has 2 nitrogen and oxygen atoms in total. The first-order valence-electron chi connectivity index (χ1n) is 4.70. The molecular weight excluding hydrogens is 180 g/mol. The van der Waals surface area contributed by atoms with Gasteiger partial charge in [0.1, 0.15) is 0 Å². The minimum atomic E-state index is 0.230. The number of rotatable bonds is 3. The summed E-state index contributed by atoms with van der Waals surface area (Å²) in [5, 5.41) is 0.691. The molecule has 74 valence electrons. The molecule has 1 aromatic heterocycles. The summed E-state index contributed by atoms with van der Waals surface area (Å²) < 4.78 is 0. The van der Waals surface area contributed by atoms with Crippen LogP contribution >= 0.6 is 11.3 Å². The molecule has 3 heteroatoms. The summed E-state index contributed by atoms with van der Waals surface area (Å²) in [4.78, 5) is 5.60. The van der Waals surface area contributed by atoms with Crippen molar-refractivity contribution in [3.8, 4) is 0 Å². The number of aryl methyl sites for hydroxylation is 1. The summed E-state index contributed by atoms with van der Waals surface area (Å²) in [7, 11) is 0. The zero-order chi connectivity index (χ0) is 10.1. The first-order valence-corrected chi connectivity index (χ1v) is 5.52. The molecule has 0 bridgehead atoms. The molecule has 0 aromatic carbocycles. The van der Waals surface area contributed by atoms with Gasteiger partial charge in [0.2, 0.25) is 0 Å². The second kappa shape index (κ2) is 3.66. The van der Waals surface area contributed by atoms with E-state index in [2.05, 4.69) is 25.8 Å². The van der Waals surface area contributed by atoms with Crippen molar-refractivity contribution in [1.29, 1.82) is 0 Å². The fourth-order valence-electron chi connectivity index (χ4n) is 1.78. The molecule has 0 aliphatic heterocycles. The molecule has 1 rings (SSSR count). The summed E-state index contributed by atoms with van der Waals surface area (Å²) in [5.74, 6) is 0. The number of nitrogens with zero attached hydrogens (tertiary/aromatic N) is 1. The van der Waals surface area contributed by atoms with Gasteiger partial charge in [-0.05, 0) is 13.3 Å². The van der Waals surface area contributed by atoms with E-state index in [0.29, 0.717) is 5.13 Å². The summed E-state index contributed by atoms with van der Waals surface area (Å²) in [6.45, 7) is 8.77. The lowest BCUT2D eigenvalue weighted by Gasteiger charge is -2.22. The highest BCUT2D eigenvalue weighted by Gasteiger charge is 2.24. The maximum atomic E-state index is 5.68. The molecule has 13 heavy (non-hydrogen) atoms. The van der Waals surface area contributed by atoms with Crippen molar-refractivity contribution in [1.82, 2.24) is 4.98 Å². The lowest BCUT2D eigenvalue weighted by atomic mass is 9.86. The van der Waals surface area contributed by atoms with Crippen LogP contribution < -0.4 is 5.73 Å². The quantitative estimate of drug-likeness (QED) is 0.810. The molecule has 0 atom stereocenters. The Hall–Kier alpha value is -0.570. The van der Waals surface area contributed by atoms with E-state index in [1.807, 2.05) is 6.92 Å². The maximum absolute atomic E-state index is 5.68. The first-order chi connectivity index (χ1) is 5.97. The van der Waals surface area contributed by atoms with E-state index in [0.717, 1.165) is 5.69 Å². The van der Waals surface area contributed by atoms with Crippen LogP contribution in [0.15, 0.2) is 0 Å². The standard InChI is InChI=1S/C10H18N2S/c1-5-6-10(3,4)8-7(2)12-9(11)13-8/h5-6H2,1-4H3,(H2,11,12). The number of aromatic nitrogens is 1. The highest BCUT2D eigenvalue weighted by atomic mass is 32.1. The van der Waals surface area contributed by atoms with Crippen molar-refractivity contribution < 1.29 is 0 Å². The zero-order valence-corrected chi connectivity index (χ0v) is 9.66. The number of anilines is 1. The van der Waals surface area contributed by atoms with Crippen LogP contribution in [-0.2, 0) is 5.41 Å². The number of hydrogen-bond acceptors (Lipinski definition) is 3. The van der Waals surface area contributed by atoms with Crippen molar-refractivity contribution in [3.63, 3.8) is 0 Å². The molecule has 0 aliphatic carbocycles. The number of thiazole rings is 1. The van der Waals surface area contributed by atoms with Gasteiger partial charge in [0.15, 0.2) is 5.13 Å². The van der Waals surface area contributed by atoms with Crippen molar-refractivity contribution in [2.45, 2.75) is 46.0 Å². The third kappa shape index (κ3) is 2.21. The summed E-state index contributed by atoms with van der Waals surface area (Å²) in [5.41, 5.74) is 7.01. The largest absolute Gasteiger partial charge is 0.375 e. The van der Waals surface area contributed by atoms with Gasteiger partial charge >= 0.3 is 0 Å². The Kier molecular flexibility index (Phi) is 2.96. The molecular formula is C10H18N2S. The van der Waals surface area contributed by atoms with Gasteiger partial charge in [-0.25, -0.2) is 4.98 Å². The van der Waals surface area contributed by atoms with Crippen LogP contribution in [0.25, 0.3) is 0 Å². The van der Waals surface area contributed by atoms with Gasteiger partial charge in [0.25, 0.3) is 0 Å².